The molecule has 0 aromatic rings. The number of nitrogens with one attached hydrogen (secondary N) is 1. The van der Waals surface area contributed by atoms with Crippen molar-refractivity contribution in [3.8, 4) is 0 Å². The standard InChI is InChI=1S/C13H21NO4/c1-13(2,3)18-12(17)14-8-9-5-4-6-10(7-9)11(15)16/h6,9H,4-5,7-8H2,1-3H3,(H,14,17)(H,15,16). The molecule has 0 radical (unpaired) electrons. The van der Waals surface area contributed by atoms with E-state index in [2.05, 4.69) is 5.32 Å². The summed E-state index contributed by atoms with van der Waals surface area (Å²) in [5.74, 6) is -0.689. The largest absolute Gasteiger partial charge is 0.478 e. The van der Waals surface area contributed by atoms with Crippen molar-refractivity contribution in [2.24, 2.45) is 5.92 Å². The number of rotatable bonds is 3. The first-order valence-electron chi connectivity index (χ1n) is 6.17. The minimum absolute atomic E-state index is 0.175. The zero-order valence-corrected chi connectivity index (χ0v) is 11.2. The van der Waals surface area contributed by atoms with Gasteiger partial charge in [-0.2, -0.15) is 0 Å². The fourth-order valence-electron chi connectivity index (χ4n) is 1.88. The van der Waals surface area contributed by atoms with Crippen LogP contribution < -0.4 is 5.32 Å². The summed E-state index contributed by atoms with van der Waals surface area (Å²) in [6.07, 6.45) is 3.46. The van der Waals surface area contributed by atoms with Crippen LogP contribution in [0.3, 0.4) is 0 Å². The number of allylic oxidation sites excluding steroid dienone is 1. The highest BCUT2D eigenvalue weighted by Crippen LogP contribution is 2.23. The normalized spacial score (nSPS) is 19.9. The van der Waals surface area contributed by atoms with E-state index in [4.69, 9.17) is 9.84 Å². The molecule has 0 spiro atoms. The maximum Gasteiger partial charge on any atom is 0.407 e. The van der Waals surface area contributed by atoms with E-state index in [9.17, 15) is 9.59 Å². The number of amides is 1. The summed E-state index contributed by atoms with van der Waals surface area (Å²) >= 11 is 0. The number of carbonyl (C=O) groups is 2. The van der Waals surface area contributed by atoms with Gasteiger partial charge in [-0.25, -0.2) is 9.59 Å². The predicted molar refractivity (Wildman–Crippen MR) is 67.3 cm³/mol. The summed E-state index contributed by atoms with van der Waals surface area (Å²) in [4.78, 5) is 22.3. The summed E-state index contributed by atoms with van der Waals surface area (Å²) in [6.45, 7) is 5.87. The SMILES string of the molecule is CC(C)(C)OC(=O)NCC1CCC=C(C(=O)O)C1. The molecule has 102 valence electrons. The Morgan fingerprint density at radius 1 is 1.50 bits per heavy atom. The van der Waals surface area contributed by atoms with E-state index in [1.54, 1.807) is 26.8 Å². The third-order valence-electron chi connectivity index (χ3n) is 2.68. The van der Waals surface area contributed by atoms with Crippen molar-refractivity contribution in [1.29, 1.82) is 0 Å². The van der Waals surface area contributed by atoms with Crippen LogP contribution in [0.2, 0.25) is 0 Å². The molecule has 1 unspecified atom stereocenters. The summed E-state index contributed by atoms with van der Waals surface area (Å²) in [6, 6.07) is 0. The third-order valence-corrected chi connectivity index (χ3v) is 2.68. The number of ether oxygens (including phenoxy) is 1. The van der Waals surface area contributed by atoms with Gasteiger partial charge in [0.15, 0.2) is 0 Å². The molecule has 1 aliphatic rings. The van der Waals surface area contributed by atoms with Crippen LogP contribution in [-0.4, -0.2) is 29.3 Å². The molecular formula is C13H21NO4. The van der Waals surface area contributed by atoms with Crippen LogP contribution in [0.25, 0.3) is 0 Å². The Kier molecular flexibility index (Phi) is 4.76. The fraction of sp³-hybridized carbons (Fsp3) is 0.692. The Hall–Kier alpha value is -1.52. The van der Waals surface area contributed by atoms with Crippen LogP contribution >= 0.6 is 0 Å². The molecule has 5 heteroatoms. The van der Waals surface area contributed by atoms with Gasteiger partial charge in [-0.1, -0.05) is 6.08 Å². The van der Waals surface area contributed by atoms with Crippen LogP contribution in [0.15, 0.2) is 11.6 Å². The van der Waals surface area contributed by atoms with Gasteiger partial charge in [0.25, 0.3) is 0 Å². The number of hydrogen-bond acceptors (Lipinski definition) is 3. The molecule has 0 saturated carbocycles. The second-order valence-corrected chi connectivity index (χ2v) is 5.56. The molecule has 0 heterocycles. The lowest BCUT2D eigenvalue weighted by atomic mass is 9.89. The van der Waals surface area contributed by atoms with Crippen LogP contribution in [0.5, 0.6) is 0 Å². The Labute approximate surface area is 107 Å². The highest BCUT2D eigenvalue weighted by molar-refractivity contribution is 5.86. The highest BCUT2D eigenvalue weighted by Gasteiger charge is 2.21. The minimum Gasteiger partial charge on any atom is -0.478 e. The second kappa shape index (κ2) is 5.89. The van der Waals surface area contributed by atoms with Gasteiger partial charge in [-0.05, 0) is 46.0 Å². The van der Waals surface area contributed by atoms with E-state index in [0.29, 0.717) is 18.5 Å². The summed E-state index contributed by atoms with van der Waals surface area (Å²) in [5.41, 5.74) is -0.0692. The molecule has 1 amide bonds. The number of aliphatic carboxylic acids is 1. The van der Waals surface area contributed by atoms with E-state index in [1.165, 1.54) is 0 Å². The highest BCUT2D eigenvalue weighted by atomic mass is 16.6. The number of hydrogen-bond donors (Lipinski definition) is 2. The average Bonchev–Trinajstić information content (AvgIpc) is 2.24. The van der Waals surface area contributed by atoms with Gasteiger partial charge >= 0.3 is 12.1 Å². The van der Waals surface area contributed by atoms with Crippen molar-refractivity contribution in [1.82, 2.24) is 5.32 Å². The Morgan fingerprint density at radius 2 is 2.17 bits per heavy atom. The van der Waals surface area contributed by atoms with Crippen molar-refractivity contribution in [3.05, 3.63) is 11.6 Å². The van der Waals surface area contributed by atoms with Gasteiger partial charge in [0.1, 0.15) is 5.60 Å². The van der Waals surface area contributed by atoms with Gasteiger partial charge in [0, 0.05) is 12.1 Å². The Morgan fingerprint density at radius 3 is 2.72 bits per heavy atom. The number of carbonyl (C=O) groups excluding carboxylic acids is 1. The summed E-state index contributed by atoms with van der Waals surface area (Å²) < 4.78 is 5.12. The lowest BCUT2D eigenvalue weighted by Crippen LogP contribution is -2.36. The molecule has 0 fully saturated rings. The first-order valence-corrected chi connectivity index (χ1v) is 6.17. The average molecular weight is 255 g/mol. The van der Waals surface area contributed by atoms with Crippen molar-refractivity contribution in [2.45, 2.75) is 45.6 Å². The Balaban J connectivity index is 2.35. The topological polar surface area (TPSA) is 75.6 Å². The van der Waals surface area contributed by atoms with Gasteiger partial charge < -0.3 is 15.2 Å². The second-order valence-electron chi connectivity index (χ2n) is 5.56. The molecule has 1 atom stereocenters. The zero-order valence-electron chi connectivity index (χ0n) is 11.2. The van der Waals surface area contributed by atoms with Crippen LogP contribution in [0.4, 0.5) is 4.79 Å². The minimum atomic E-state index is -0.864. The number of carboxylic acids is 1. The fourth-order valence-corrected chi connectivity index (χ4v) is 1.88. The molecule has 18 heavy (non-hydrogen) atoms. The molecule has 0 bridgehead atoms. The maximum absolute atomic E-state index is 11.5. The summed E-state index contributed by atoms with van der Waals surface area (Å²) in [5, 5.41) is 11.6. The quantitative estimate of drug-likeness (QED) is 0.811. The van der Waals surface area contributed by atoms with Crippen molar-refractivity contribution < 1.29 is 19.4 Å². The van der Waals surface area contributed by atoms with E-state index in [1.807, 2.05) is 0 Å². The van der Waals surface area contributed by atoms with Crippen LogP contribution in [-0.2, 0) is 9.53 Å². The first-order chi connectivity index (χ1) is 8.28. The van der Waals surface area contributed by atoms with Crippen LogP contribution in [0, 0.1) is 5.92 Å². The Bertz CT molecular complexity index is 354. The molecular weight excluding hydrogens is 234 g/mol. The van der Waals surface area contributed by atoms with Gasteiger partial charge in [0.05, 0.1) is 0 Å². The molecule has 0 saturated heterocycles. The van der Waals surface area contributed by atoms with E-state index < -0.39 is 17.7 Å². The van der Waals surface area contributed by atoms with Gasteiger partial charge in [-0.3, -0.25) is 0 Å². The third kappa shape index (κ3) is 5.21. The van der Waals surface area contributed by atoms with Crippen molar-refractivity contribution >= 4 is 12.1 Å². The maximum atomic E-state index is 11.5. The number of alkyl carbamates (subject to hydrolysis) is 1. The van der Waals surface area contributed by atoms with E-state index in [-0.39, 0.29) is 5.92 Å². The van der Waals surface area contributed by atoms with Gasteiger partial charge in [-0.15, -0.1) is 0 Å². The lowest BCUT2D eigenvalue weighted by Gasteiger charge is -2.23. The molecule has 0 aromatic heterocycles. The summed E-state index contributed by atoms with van der Waals surface area (Å²) in [7, 11) is 0. The molecule has 1 rings (SSSR count). The van der Waals surface area contributed by atoms with E-state index >= 15 is 0 Å². The van der Waals surface area contributed by atoms with E-state index in [0.717, 1.165) is 12.8 Å². The van der Waals surface area contributed by atoms with Gasteiger partial charge in [0.2, 0.25) is 0 Å². The number of carboxylic acid groups (broad SMARTS) is 1. The van der Waals surface area contributed by atoms with Crippen molar-refractivity contribution in [2.75, 3.05) is 6.54 Å². The molecule has 0 aromatic carbocycles. The molecule has 0 aliphatic heterocycles. The molecule has 1 aliphatic carbocycles. The molecule has 5 nitrogen and oxygen atoms in total. The first kappa shape index (κ1) is 14.5. The monoisotopic (exact) mass is 255 g/mol. The molecule has 2 N–H and O–H groups in total. The lowest BCUT2D eigenvalue weighted by molar-refractivity contribution is -0.133. The van der Waals surface area contributed by atoms with Crippen molar-refractivity contribution in [3.63, 3.8) is 0 Å². The zero-order chi connectivity index (χ0) is 13.8. The predicted octanol–water partition coefficient (Wildman–Crippen LogP) is 2.32. The van der Waals surface area contributed by atoms with Crippen LogP contribution in [0.1, 0.15) is 40.0 Å². The smallest absolute Gasteiger partial charge is 0.407 e.